The molecule has 0 N–H and O–H groups in total. The zero-order valence-electron chi connectivity index (χ0n) is 17.9. The predicted molar refractivity (Wildman–Crippen MR) is 122 cm³/mol. The first-order valence-electron chi connectivity index (χ1n) is 10.7. The quantitative estimate of drug-likeness (QED) is 0.562. The molecule has 2 aromatic carbocycles. The van der Waals surface area contributed by atoms with Gasteiger partial charge in [-0.1, -0.05) is 52.3 Å². The molecular weight excluding hydrogens is 474 g/mol. The van der Waals surface area contributed by atoms with Gasteiger partial charge in [-0.2, -0.15) is 0 Å². The minimum atomic E-state index is -0.733. The van der Waals surface area contributed by atoms with Crippen molar-refractivity contribution < 1.29 is 23.8 Å². The standard InChI is InChI=1S/C25H24BrNO5/c1-25(2)31-21-19(13-14-27-22(28)17-5-3-4-6-18(17)23(27)29)20(30-24(21)32-25)12-9-15-7-10-16(26)11-8-15/h3-12,19-21,24H,13-14H2,1-2H3/t19-,20+,21-,24-/m1/s1. The molecule has 0 radical (unpaired) electrons. The number of hydrogen-bond donors (Lipinski definition) is 0. The second-order valence-electron chi connectivity index (χ2n) is 8.74. The van der Waals surface area contributed by atoms with Crippen LogP contribution >= 0.6 is 15.9 Å². The van der Waals surface area contributed by atoms with E-state index in [2.05, 4.69) is 15.9 Å². The van der Waals surface area contributed by atoms with Gasteiger partial charge in [0.2, 0.25) is 0 Å². The molecule has 2 saturated heterocycles. The SMILES string of the molecule is CC1(C)O[C@H]2O[C@@H](C=Cc3ccc(Br)cc3)[C@@H](CCN3C(=O)c4ccccc4C3=O)[C@H]2O1. The van der Waals surface area contributed by atoms with E-state index in [0.29, 0.717) is 24.1 Å². The Labute approximate surface area is 195 Å². The fourth-order valence-electron chi connectivity index (χ4n) is 4.61. The molecule has 0 bridgehead atoms. The summed E-state index contributed by atoms with van der Waals surface area (Å²) in [7, 11) is 0. The lowest BCUT2D eigenvalue weighted by Crippen LogP contribution is -2.36. The summed E-state index contributed by atoms with van der Waals surface area (Å²) >= 11 is 3.45. The molecule has 7 heteroatoms. The Morgan fingerprint density at radius 1 is 1.00 bits per heavy atom. The van der Waals surface area contributed by atoms with Crippen molar-refractivity contribution in [3.8, 4) is 0 Å². The number of carbonyl (C=O) groups excluding carboxylic acids is 2. The van der Waals surface area contributed by atoms with Crippen molar-refractivity contribution in [2.45, 2.75) is 44.6 Å². The van der Waals surface area contributed by atoms with E-state index in [1.54, 1.807) is 24.3 Å². The van der Waals surface area contributed by atoms with E-state index in [4.69, 9.17) is 14.2 Å². The fraction of sp³-hybridized carbons (Fsp3) is 0.360. The number of rotatable bonds is 5. The van der Waals surface area contributed by atoms with Crippen molar-refractivity contribution in [3.63, 3.8) is 0 Å². The zero-order valence-corrected chi connectivity index (χ0v) is 19.4. The molecular formula is C25H24BrNO5. The molecule has 0 aliphatic carbocycles. The lowest BCUT2D eigenvalue weighted by atomic mass is 9.93. The highest BCUT2D eigenvalue weighted by Crippen LogP contribution is 2.43. The number of benzene rings is 2. The van der Waals surface area contributed by atoms with Crippen LogP contribution in [-0.4, -0.2) is 47.5 Å². The Kier molecular flexibility index (Phi) is 5.53. The molecule has 0 aromatic heterocycles. The van der Waals surface area contributed by atoms with Crippen LogP contribution in [-0.2, 0) is 14.2 Å². The van der Waals surface area contributed by atoms with Gasteiger partial charge in [0.05, 0.1) is 17.2 Å². The maximum atomic E-state index is 12.8. The van der Waals surface area contributed by atoms with Crippen LogP contribution in [0.15, 0.2) is 59.1 Å². The maximum absolute atomic E-state index is 12.8. The van der Waals surface area contributed by atoms with Crippen molar-refractivity contribution in [2.24, 2.45) is 5.92 Å². The molecule has 3 heterocycles. The lowest BCUT2D eigenvalue weighted by Gasteiger charge is -2.25. The van der Waals surface area contributed by atoms with Gasteiger partial charge >= 0.3 is 0 Å². The molecule has 4 atom stereocenters. The molecule has 0 spiro atoms. The minimum Gasteiger partial charge on any atom is -0.342 e. The number of ether oxygens (including phenoxy) is 3. The van der Waals surface area contributed by atoms with Crippen molar-refractivity contribution in [1.82, 2.24) is 4.90 Å². The molecule has 0 unspecified atom stereocenters. The highest BCUT2D eigenvalue weighted by atomic mass is 79.9. The normalized spacial score (nSPS) is 28.5. The smallest absolute Gasteiger partial charge is 0.261 e. The first-order valence-corrected chi connectivity index (χ1v) is 11.5. The molecule has 166 valence electrons. The Hall–Kier alpha value is -2.32. The summed E-state index contributed by atoms with van der Waals surface area (Å²) in [5, 5.41) is 0. The molecule has 0 saturated carbocycles. The van der Waals surface area contributed by atoms with Gasteiger partial charge in [-0.05, 0) is 50.1 Å². The monoisotopic (exact) mass is 497 g/mol. The molecule has 2 aromatic rings. The van der Waals surface area contributed by atoms with Gasteiger partial charge in [-0.3, -0.25) is 14.5 Å². The van der Waals surface area contributed by atoms with Crippen LogP contribution < -0.4 is 0 Å². The van der Waals surface area contributed by atoms with Crippen molar-refractivity contribution in [3.05, 3.63) is 75.8 Å². The van der Waals surface area contributed by atoms with Crippen molar-refractivity contribution in [1.29, 1.82) is 0 Å². The van der Waals surface area contributed by atoms with Gasteiger partial charge in [-0.25, -0.2) is 0 Å². The van der Waals surface area contributed by atoms with Crippen LogP contribution in [0.1, 0.15) is 46.5 Å². The molecule has 2 amide bonds. The first kappa shape index (κ1) is 21.5. The zero-order chi connectivity index (χ0) is 22.5. The Morgan fingerprint density at radius 2 is 1.66 bits per heavy atom. The number of nitrogens with zero attached hydrogens (tertiary/aromatic N) is 1. The molecule has 3 aliphatic heterocycles. The molecule has 3 aliphatic rings. The van der Waals surface area contributed by atoms with Gasteiger partial charge in [0.25, 0.3) is 11.8 Å². The summed E-state index contributed by atoms with van der Waals surface area (Å²) in [6, 6.07) is 14.9. The average Bonchev–Trinajstić information content (AvgIpc) is 3.32. The van der Waals surface area contributed by atoms with Crippen LogP contribution in [0, 0.1) is 5.92 Å². The van der Waals surface area contributed by atoms with Crippen LogP contribution in [0.3, 0.4) is 0 Å². The molecule has 32 heavy (non-hydrogen) atoms. The number of imide groups is 1. The van der Waals surface area contributed by atoms with Crippen molar-refractivity contribution in [2.75, 3.05) is 6.54 Å². The van der Waals surface area contributed by atoms with Crippen molar-refractivity contribution >= 4 is 33.8 Å². The Balaban J connectivity index is 1.33. The van der Waals surface area contributed by atoms with E-state index < -0.39 is 12.1 Å². The average molecular weight is 498 g/mol. The number of amides is 2. The fourth-order valence-corrected chi connectivity index (χ4v) is 4.88. The van der Waals surface area contributed by atoms with Crippen LogP contribution in [0.2, 0.25) is 0 Å². The second kappa shape index (κ2) is 8.23. The van der Waals surface area contributed by atoms with Gasteiger partial charge in [0, 0.05) is 16.9 Å². The van der Waals surface area contributed by atoms with E-state index in [-0.39, 0.29) is 29.9 Å². The Bertz CT molecular complexity index is 1040. The summed E-state index contributed by atoms with van der Waals surface area (Å²) in [5.41, 5.74) is 1.98. The van der Waals surface area contributed by atoms with Gasteiger partial charge in [0.15, 0.2) is 12.1 Å². The third-order valence-corrected chi connectivity index (χ3v) is 6.66. The predicted octanol–water partition coefficient (Wildman–Crippen LogP) is 4.64. The maximum Gasteiger partial charge on any atom is 0.261 e. The first-order chi connectivity index (χ1) is 15.3. The molecule has 6 nitrogen and oxygen atoms in total. The van der Waals surface area contributed by atoms with Crippen LogP contribution in [0.4, 0.5) is 0 Å². The molecule has 2 fully saturated rings. The largest absolute Gasteiger partial charge is 0.342 e. The highest BCUT2D eigenvalue weighted by molar-refractivity contribution is 9.10. The van der Waals surface area contributed by atoms with Gasteiger partial charge in [-0.15, -0.1) is 0 Å². The third kappa shape index (κ3) is 3.94. The third-order valence-electron chi connectivity index (χ3n) is 6.14. The highest BCUT2D eigenvalue weighted by Gasteiger charge is 2.54. The number of hydrogen-bond acceptors (Lipinski definition) is 5. The van der Waals surface area contributed by atoms with Crippen LogP contribution in [0.5, 0.6) is 0 Å². The summed E-state index contributed by atoms with van der Waals surface area (Å²) in [4.78, 5) is 26.9. The van der Waals surface area contributed by atoms with E-state index in [1.807, 2.05) is 50.3 Å². The van der Waals surface area contributed by atoms with Crippen LogP contribution in [0.25, 0.3) is 6.08 Å². The number of halogens is 1. The summed E-state index contributed by atoms with van der Waals surface area (Å²) in [6.07, 6.45) is 3.59. The van der Waals surface area contributed by atoms with Gasteiger partial charge in [0.1, 0.15) is 6.10 Å². The summed E-state index contributed by atoms with van der Waals surface area (Å²) < 4.78 is 19.3. The Morgan fingerprint density at radius 3 is 2.31 bits per heavy atom. The topological polar surface area (TPSA) is 65.1 Å². The van der Waals surface area contributed by atoms with Gasteiger partial charge < -0.3 is 14.2 Å². The summed E-state index contributed by atoms with van der Waals surface area (Å²) in [6.45, 7) is 4.03. The van der Waals surface area contributed by atoms with E-state index >= 15 is 0 Å². The van der Waals surface area contributed by atoms with E-state index in [0.717, 1.165) is 10.0 Å². The second-order valence-corrected chi connectivity index (χ2v) is 9.66. The van der Waals surface area contributed by atoms with E-state index in [1.165, 1.54) is 4.90 Å². The minimum absolute atomic E-state index is 0.0576. The number of fused-ring (bicyclic) bond motifs is 2. The lowest BCUT2D eigenvalue weighted by molar-refractivity contribution is -0.205. The molecule has 5 rings (SSSR count). The summed E-state index contributed by atoms with van der Waals surface area (Å²) in [5.74, 6) is -1.28. The number of carbonyl (C=O) groups is 2. The van der Waals surface area contributed by atoms with E-state index in [9.17, 15) is 9.59 Å².